The maximum Gasteiger partial charge on any atom is 0.316 e. The van der Waals surface area contributed by atoms with Crippen LogP contribution in [-0.4, -0.2) is 51.0 Å². The normalized spacial score (nSPS) is 10.7. The maximum absolute atomic E-state index is 11.7. The molecule has 23 heavy (non-hydrogen) atoms. The highest BCUT2D eigenvalue weighted by Crippen LogP contribution is 2.22. The SMILES string of the molecule is COCCNC(=O)c1nc(Cn2nc(C)c([N+](=O)[O-])c2C)no1. The summed E-state index contributed by atoms with van der Waals surface area (Å²) in [5, 5.41) is 21.3. The predicted octanol–water partition coefficient (Wildman–Crippen LogP) is 0.216. The molecule has 0 atom stereocenters. The maximum atomic E-state index is 11.7. The predicted molar refractivity (Wildman–Crippen MR) is 76.0 cm³/mol. The van der Waals surface area contributed by atoms with Crippen LogP contribution in [0.4, 0.5) is 5.69 Å². The minimum Gasteiger partial charge on any atom is -0.383 e. The van der Waals surface area contributed by atoms with Crippen LogP contribution in [0, 0.1) is 24.0 Å². The van der Waals surface area contributed by atoms with E-state index in [1.54, 1.807) is 13.8 Å². The number of aryl methyl sites for hydroxylation is 1. The number of ether oxygens (including phenoxy) is 1. The van der Waals surface area contributed by atoms with E-state index in [0.29, 0.717) is 24.5 Å². The molecule has 2 heterocycles. The Kier molecular flexibility index (Phi) is 5.01. The first-order chi connectivity index (χ1) is 10.9. The van der Waals surface area contributed by atoms with Crippen LogP contribution in [0.3, 0.4) is 0 Å². The van der Waals surface area contributed by atoms with Crippen LogP contribution in [0.5, 0.6) is 0 Å². The van der Waals surface area contributed by atoms with Crippen LogP contribution in [0.25, 0.3) is 0 Å². The second-order valence-corrected chi connectivity index (χ2v) is 4.70. The Labute approximate surface area is 130 Å². The molecular weight excluding hydrogens is 308 g/mol. The van der Waals surface area contributed by atoms with Crippen molar-refractivity contribution in [1.29, 1.82) is 0 Å². The highest BCUT2D eigenvalue weighted by molar-refractivity contribution is 5.89. The van der Waals surface area contributed by atoms with E-state index in [2.05, 4.69) is 20.6 Å². The third kappa shape index (κ3) is 3.69. The van der Waals surface area contributed by atoms with Gasteiger partial charge < -0.3 is 14.6 Å². The zero-order valence-corrected chi connectivity index (χ0v) is 12.9. The molecule has 0 aliphatic carbocycles. The average molecular weight is 324 g/mol. The van der Waals surface area contributed by atoms with E-state index in [9.17, 15) is 14.9 Å². The molecule has 1 amide bonds. The first-order valence-electron chi connectivity index (χ1n) is 6.72. The zero-order valence-electron chi connectivity index (χ0n) is 12.9. The van der Waals surface area contributed by atoms with Crippen molar-refractivity contribution in [3.8, 4) is 0 Å². The van der Waals surface area contributed by atoms with Crippen LogP contribution < -0.4 is 5.32 Å². The molecule has 0 unspecified atom stereocenters. The molecule has 0 fully saturated rings. The highest BCUT2D eigenvalue weighted by Gasteiger charge is 2.23. The molecule has 0 spiro atoms. The molecular formula is C12H16N6O5. The van der Waals surface area contributed by atoms with Gasteiger partial charge in [-0.2, -0.15) is 10.1 Å². The fourth-order valence-electron chi connectivity index (χ4n) is 1.99. The van der Waals surface area contributed by atoms with Gasteiger partial charge in [-0.05, 0) is 13.8 Å². The summed E-state index contributed by atoms with van der Waals surface area (Å²) in [7, 11) is 1.52. The van der Waals surface area contributed by atoms with Gasteiger partial charge in [-0.25, -0.2) is 0 Å². The molecule has 2 aromatic rings. The molecule has 0 aliphatic heterocycles. The summed E-state index contributed by atoms with van der Waals surface area (Å²) in [6.45, 7) is 3.87. The molecule has 0 aromatic carbocycles. The average Bonchev–Trinajstić information content (AvgIpc) is 3.05. The molecule has 0 bridgehead atoms. The van der Waals surface area contributed by atoms with Gasteiger partial charge in [0.05, 0.1) is 11.5 Å². The zero-order chi connectivity index (χ0) is 17.0. The van der Waals surface area contributed by atoms with Gasteiger partial charge in [0.15, 0.2) is 5.82 Å². The fraction of sp³-hybridized carbons (Fsp3) is 0.500. The summed E-state index contributed by atoms with van der Waals surface area (Å²) in [4.78, 5) is 26.2. The Morgan fingerprint density at radius 1 is 1.48 bits per heavy atom. The molecule has 0 radical (unpaired) electrons. The number of rotatable bonds is 7. The second kappa shape index (κ2) is 6.96. The molecule has 0 saturated heterocycles. The second-order valence-electron chi connectivity index (χ2n) is 4.70. The summed E-state index contributed by atoms with van der Waals surface area (Å²) < 4.78 is 11.1. The lowest BCUT2D eigenvalue weighted by atomic mass is 10.3. The molecule has 0 saturated carbocycles. The van der Waals surface area contributed by atoms with Crippen molar-refractivity contribution in [2.24, 2.45) is 0 Å². The molecule has 11 heteroatoms. The minimum atomic E-state index is -0.514. The summed E-state index contributed by atoms with van der Waals surface area (Å²) in [6.07, 6.45) is 0. The lowest BCUT2D eigenvalue weighted by Crippen LogP contribution is -2.27. The highest BCUT2D eigenvalue weighted by atomic mass is 16.6. The molecule has 11 nitrogen and oxygen atoms in total. The number of nitrogens with one attached hydrogen (secondary N) is 1. The van der Waals surface area contributed by atoms with Crippen molar-refractivity contribution in [1.82, 2.24) is 25.2 Å². The number of nitro groups is 1. The summed E-state index contributed by atoms with van der Waals surface area (Å²) in [5.41, 5.74) is 0.628. The van der Waals surface area contributed by atoms with E-state index >= 15 is 0 Å². The van der Waals surface area contributed by atoms with Crippen molar-refractivity contribution >= 4 is 11.6 Å². The van der Waals surface area contributed by atoms with Gasteiger partial charge in [0.25, 0.3) is 0 Å². The number of methoxy groups -OCH3 is 1. The number of nitrogens with zero attached hydrogens (tertiary/aromatic N) is 5. The van der Waals surface area contributed by atoms with E-state index in [1.165, 1.54) is 11.8 Å². The molecule has 2 aromatic heterocycles. The van der Waals surface area contributed by atoms with Crippen LogP contribution in [0.1, 0.15) is 27.9 Å². The Balaban J connectivity index is 2.09. The van der Waals surface area contributed by atoms with Gasteiger partial charge >= 0.3 is 17.5 Å². The lowest BCUT2D eigenvalue weighted by Gasteiger charge is -1.99. The number of amides is 1. The number of hydrogen-bond donors (Lipinski definition) is 1. The number of aromatic nitrogens is 4. The fourth-order valence-corrected chi connectivity index (χ4v) is 1.99. The van der Waals surface area contributed by atoms with Crippen LogP contribution >= 0.6 is 0 Å². The topological polar surface area (TPSA) is 138 Å². The van der Waals surface area contributed by atoms with Gasteiger partial charge in [-0.3, -0.25) is 19.6 Å². The molecule has 124 valence electrons. The largest absolute Gasteiger partial charge is 0.383 e. The monoisotopic (exact) mass is 324 g/mol. The van der Waals surface area contributed by atoms with E-state index in [0.717, 1.165) is 0 Å². The quantitative estimate of drug-likeness (QED) is 0.433. The minimum absolute atomic E-state index is 0.0500. The van der Waals surface area contributed by atoms with Gasteiger partial charge in [0, 0.05) is 13.7 Å². The molecule has 1 N–H and O–H groups in total. The van der Waals surface area contributed by atoms with Gasteiger partial charge in [0.1, 0.15) is 17.9 Å². The van der Waals surface area contributed by atoms with Gasteiger partial charge in [-0.15, -0.1) is 0 Å². The van der Waals surface area contributed by atoms with Crippen LogP contribution in [0.15, 0.2) is 4.52 Å². The first kappa shape index (κ1) is 16.5. The molecule has 2 rings (SSSR count). The van der Waals surface area contributed by atoms with Crippen molar-refractivity contribution in [3.05, 3.63) is 33.2 Å². The summed E-state index contributed by atoms with van der Waals surface area (Å²) >= 11 is 0. The number of carbonyl (C=O) groups is 1. The van der Waals surface area contributed by atoms with Crippen LogP contribution in [-0.2, 0) is 11.3 Å². The van der Waals surface area contributed by atoms with Crippen molar-refractivity contribution < 1.29 is 19.0 Å². The summed E-state index contributed by atoms with van der Waals surface area (Å²) in [6, 6.07) is 0. The lowest BCUT2D eigenvalue weighted by molar-refractivity contribution is -0.386. The molecule has 0 aliphatic rings. The van der Waals surface area contributed by atoms with Gasteiger partial charge in [0.2, 0.25) is 0 Å². The van der Waals surface area contributed by atoms with E-state index in [4.69, 9.17) is 9.26 Å². The van der Waals surface area contributed by atoms with E-state index < -0.39 is 10.8 Å². The Morgan fingerprint density at radius 3 is 2.83 bits per heavy atom. The Bertz CT molecular complexity index is 722. The Morgan fingerprint density at radius 2 is 2.22 bits per heavy atom. The standard InChI is InChI=1S/C12H16N6O5/c1-7-10(18(20)21)8(2)17(15-7)6-9-14-12(23-16-9)11(19)13-4-5-22-3/h4-6H2,1-3H3,(H,13,19). The number of hydrogen-bond acceptors (Lipinski definition) is 8. The van der Waals surface area contributed by atoms with Crippen molar-refractivity contribution in [3.63, 3.8) is 0 Å². The third-order valence-electron chi connectivity index (χ3n) is 3.07. The van der Waals surface area contributed by atoms with Crippen LogP contribution in [0.2, 0.25) is 0 Å². The van der Waals surface area contributed by atoms with E-state index in [-0.39, 0.29) is 23.9 Å². The van der Waals surface area contributed by atoms with Crippen molar-refractivity contribution in [2.75, 3.05) is 20.3 Å². The summed E-state index contributed by atoms with van der Waals surface area (Å²) in [5.74, 6) is -0.505. The Hall–Kier alpha value is -2.82. The number of carbonyl (C=O) groups excluding carboxylic acids is 1. The first-order valence-corrected chi connectivity index (χ1v) is 6.72. The van der Waals surface area contributed by atoms with Crippen molar-refractivity contribution in [2.45, 2.75) is 20.4 Å². The third-order valence-corrected chi connectivity index (χ3v) is 3.07. The van der Waals surface area contributed by atoms with E-state index in [1.807, 2.05) is 0 Å². The smallest absolute Gasteiger partial charge is 0.316 e. The van der Waals surface area contributed by atoms with Gasteiger partial charge in [-0.1, -0.05) is 5.16 Å².